The zero-order chi connectivity index (χ0) is 44.9. The number of esters is 1. The molecular weight excluding hydrogens is 794 g/mol. The smallest absolute Gasteiger partial charge is 0.472 e. The van der Waals surface area contributed by atoms with Gasteiger partial charge in [0.25, 0.3) is 0 Å². The number of carbonyl (C=O) groups excluding carboxylic acids is 2. The minimum atomic E-state index is -4.78. The van der Waals surface area contributed by atoms with Gasteiger partial charge in [0.15, 0.2) is 6.04 Å². The predicted octanol–water partition coefficient (Wildman–Crippen LogP) is 12.5. The van der Waals surface area contributed by atoms with Crippen molar-refractivity contribution >= 4 is 25.7 Å². The van der Waals surface area contributed by atoms with Gasteiger partial charge in [-0.25, -0.2) is 9.36 Å². The fourth-order valence-electron chi connectivity index (χ4n) is 6.16. The van der Waals surface area contributed by atoms with E-state index in [1.807, 2.05) is 18.2 Å². The summed E-state index contributed by atoms with van der Waals surface area (Å²) in [6.07, 6.45) is 52.3. The van der Waals surface area contributed by atoms with Crippen LogP contribution in [0.4, 0.5) is 0 Å². The normalized spacial score (nSPS) is 14.3. The van der Waals surface area contributed by atoms with Crippen LogP contribution >= 0.6 is 7.82 Å². The molecule has 0 aromatic rings. The van der Waals surface area contributed by atoms with Gasteiger partial charge in [-0.15, -0.1) is 0 Å². The summed E-state index contributed by atoms with van der Waals surface area (Å²) in [6, 6.07) is -1.59. The van der Waals surface area contributed by atoms with Gasteiger partial charge >= 0.3 is 19.8 Å². The molecule has 0 aliphatic heterocycles. The highest BCUT2D eigenvalue weighted by atomic mass is 31.2. The van der Waals surface area contributed by atoms with Gasteiger partial charge in [-0.3, -0.25) is 18.6 Å². The van der Waals surface area contributed by atoms with Crippen LogP contribution in [0.2, 0.25) is 0 Å². The first-order valence-corrected chi connectivity index (χ1v) is 25.0. The molecule has 61 heavy (non-hydrogen) atoms. The van der Waals surface area contributed by atoms with E-state index >= 15 is 0 Å². The Hall–Kier alpha value is -3.08. The molecule has 0 radical (unpaired) electrons. The third kappa shape index (κ3) is 43.4. The molecule has 0 rings (SSSR count). The molecule has 12 heteroatoms. The number of aliphatic carboxylic acids is 1. The first kappa shape index (κ1) is 57.9. The van der Waals surface area contributed by atoms with Crippen molar-refractivity contribution in [1.29, 1.82) is 0 Å². The lowest BCUT2D eigenvalue weighted by atomic mass is 10.0. The highest BCUT2D eigenvalue weighted by Crippen LogP contribution is 2.43. The third-order valence-corrected chi connectivity index (χ3v) is 10.7. The molecule has 0 fully saturated rings. The zero-order valence-corrected chi connectivity index (χ0v) is 38.8. The summed E-state index contributed by atoms with van der Waals surface area (Å²) in [5.74, 6) is -2.49. The molecule has 350 valence electrons. The number of phosphoric ester groups is 1. The molecule has 0 aliphatic carbocycles. The largest absolute Gasteiger partial charge is 0.480 e. The number of hydrogen-bond acceptors (Lipinski definition) is 8. The van der Waals surface area contributed by atoms with Gasteiger partial charge in [-0.1, -0.05) is 196 Å². The van der Waals surface area contributed by atoms with Crippen LogP contribution in [0.25, 0.3) is 0 Å². The Labute approximate surface area is 369 Å². The molecule has 1 amide bonds. The van der Waals surface area contributed by atoms with Crippen molar-refractivity contribution in [1.82, 2.24) is 5.32 Å². The molecular formula is C49H84NO10P. The molecule has 4 N–H and O–H groups in total. The fraction of sp³-hybridized carbons (Fsp3) is 0.694. The van der Waals surface area contributed by atoms with Crippen LogP contribution in [-0.2, 0) is 32.7 Å². The van der Waals surface area contributed by atoms with Crippen LogP contribution in [0.1, 0.15) is 187 Å². The second-order valence-electron chi connectivity index (χ2n) is 15.6. The molecule has 0 aromatic carbocycles. The topological polar surface area (TPSA) is 169 Å². The van der Waals surface area contributed by atoms with E-state index in [1.54, 1.807) is 0 Å². The maximum absolute atomic E-state index is 12.3. The van der Waals surface area contributed by atoms with E-state index in [4.69, 9.17) is 13.8 Å². The number of aliphatic hydroxyl groups is 1. The third-order valence-electron chi connectivity index (χ3n) is 9.77. The van der Waals surface area contributed by atoms with E-state index in [0.717, 1.165) is 51.4 Å². The molecule has 3 atom stereocenters. The second-order valence-corrected chi connectivity index (χ2v) is 17.0. The number of aliphatic hydroxyl groups excluding tert-OH is 1. The highest BCUT2D eigenvalue weighted by Gasteiger charge is 2.28. The lowest BCUT2D eigenvalue weighted by Crippen LogP contribution is -2.43. The van der Waals surface area contributed by atoms with Crippen molar-refractivity contribution in [3.63, 3.8) is 0 Å². The predicted molar refractivity (Wildman–Crippen MR) is 249 cm³/mol. The summed E-state index contributed by atoms with van der Waals surface area (Å²) >= 11 is 0. The molecule has 0 aliphatic rings. The van der Waals surface area contributed by atoms with Crippen molar-refractivity contribution in [2.45, 2.75) is 199 Å². The van der Waals surface area contributed by atoms with Crippen LogP contribution in [-0.4, -0.2) is 64.9 Å². The number of phosphoric acid groups is 1. The molecule has 0 saturated heterocycles. The van der Waals surface area contributed by atoms with Crippen LogP contribution in [0.5, 0.6) is 0 Å². The van der Waals surface area contributed by atoms with Crippen molar-refractivity contribution in [3.8, 4) is 0 Å². The maximum atomic E-state index is 12.3. The standard InChI is InChI=1S/C49H84NO10P/c1-3-5-7-9-11-13-15-17-19-21-23-24-26-28-30-32-34-36-38-40-47(52)50-46(49(54)55)44-60-61(56,57)59-43-45(51)42-58-48(53)41-39-37-35-33-31-29-27-25-22-20-18-16-14-12-10-8-6-4-2/h5,7,11,13,17,19,23-24,28,30,34,36,45-46,51H,3-4,6,8-10,12,14-16,18,20-22,25-27,29,31-33,35,37-44H2,1-2H3,(H,50,52)(H,54,55)(H,56,57)/b7-5-,13-11-,19-17-,24-23-,30-28-,36-34-. The SMILES string of the molecule is CC/C=C\C/C=C\C/C=C\C/C=C\C/C=C\C/C=C\CCC(=O)NC(COP(=O)(O)OCC(O)COC(=O)CCCCCCCCCCCCCCCCCCCC)C(=O)O. The first-order chi connectivity index (χ1) is 29.6. The van der Waals surface area contributed by atoms with Gasteiger partial charge in [0.05, 0.1) is 13.2 Å². The molecule has 0 saturated carbocycles. The summed E-state index contributed by atoms with van der Waals surface area (Å²) < 4.78 is 26.8. The van der Waals surface area contributed by atoms with E-state index in [-0.39, 0.29) is 12.8 Å². The monoisotopic (exact) mass is 878 g/mol. The van der Waals surface area contributed by atoms with E-state index in [9.17, 15) is 34.1 Å². The maximum Gasteiger partial charge on any atom is 0.472 e. The number of hydrogen-bond donors (Lipinski definition) is 4. The Bertz CT molecular complexity index is 1310. The number of carbonyl (C=O) groups is 3. The minimum Gasteiger partial charge on any atom is -0.480 e. The van der Waals surface area contributed by atoms with Gasteiger partial charge in [-0.05, 0) is 51.4 Å². The quantitative estimate of drug-likeness (QED) is 0.0200. The molecule has 0 aromatic heterocycles. The Morgan fingerprint density at radius 3 is 1.36 bits per heavy atom. The summed E-state index contributed by atoms with van der Waals surface area (Å²) in [7, 11) is -4.78. The fourth-order valence-corrected chi connectivity index (χ4v) is 6.93. The molecule has 0 bridgehead atoms. The Kier molecular flexibility index (Phi) is 41.4. The number of carboxylic acids is 1. The lowest BCUT2D eigenvalue weighted by molar-refractivity contribution is -0.147. The van der Waals surface area contributed by atoms with Crippen molar-refractivity contribution in [2.75, 3.05) is 19.8 Å². The van der Waals surface area contributed by atoms with Crippen molar-refractivity contribution < 1.29 is 47.8 Å². The van der Waals surface area contributed by atoms with Gasteiger partial charge in [-0.2, -0.15) is 0 Å². The van der Waals surface area contributed by atoms with E-state index in [1.165, 1.54) is 89.9 Å². The minimum absolute atomic E-state index is 0.0175. The molecule has 11 nitrogen and oxygen atoms in total. The van der Waals surface area contributed by atoms with Gasteiger partial charge in [0.1, 0.15) is 12.7 Å². The average Bonchev–Trinajstić information content (AvgIpc) is 3.24. The number of allylic oxidation sites excluding steroid dienone is 12. The number of unbranched alkanes of at least 4 members (excludes halogenated alkanes) is 17. The second kappa shape index (κ2) is 43.6. The Morgan fingerprint density at radius 1 is 0.541 bits per heavy atom. The Balaban J connectivity index is 3.97. The van der Waals surface area contributed by atoms with Gasteiger partial charge < -0.3 is 25.2 Å². The summed E-state index contributed by atoms with van der Waals surface area (Å²) in [4.78, 5) is 46.0. The van der Waals surface area contributed by atoms with Crippen molar-refractivity contribution in [2.24, 2.45) is 0 Å². The van der Waals surface area contributed by atoms with Crippen LogP contribution in [0.15, 0.2) is 72.9 Å². The molecule has 0 heterocycles. The number of nitrogens with one attached hydrogen (secondary N) is 1. The number of ether oxygens (including phenoxy) is 1. The summed E-state index contributed by atoms with van der Waals surface area (Å²) in [5, 5.41) is 21.8. The molecule has 3 unspecified atom stereocenters. The van der Waals surface area contributed by atoms with Gasteiger partial charge in [0.2, 0.25) is 5.91 Å². The number of carboxylic acid groups (broad SMARTS) is 1. The van der Waals surface area contributed by atoms with E-state index in [2.05, 4.69) is 73.8 Å². The number of rotatable bonds is 43. The van der Waals surface area contributed by atoms with Gasteiger partial charge in [0, 0.05) is 12.8 Å². The van der Waals surface area contributed by atoms with Crippen LogP contribution in [0, 0.1) is 0 Å². The van der Waals surface area contributed by atoms with E-state index < -0.39 is 57.6 Å². The molecule has 0 spiro atoms. The summed E-state index contributed by atoms with van der Waals surface area (Å²) in [5.41, 5.74) is 0. The van der Waals surface area contributed by atoms with Crippen LogP contribution in [0.3, 0.4) is 0 Å². The average molecular weight is 878 g/mol. The lowest BCUT2D eigenvalue weighted by Gasteiger charge is -2.18. The first-order valence-electron chi connectivity index (χ1n) is 23.5. The Morgan fingerprint density at radius 2 is 0.934 bits per heavy atom. The van der Waals surface area contributed by atoms with Crippen molar-refractivity contribution in [3.05, 3.63) is 72.9 Å². The summed E-state index contributed by atoms with van der Waals surface area (Å²) in [6.45, 7) is 2.44. The van der Waals surface area contributed by atoms with E-state index in [0.29, 0.717) is 19.3 Å². The zero-order valence-electron chi connectivity index (χ0n) is 37.9. The van der Waals surface area contributed by atoms with Crippen LogP contribution < -0.4 is 5.32 Å². The number of amides is 1. The highest BCUT2D eigenvalue weighted by molar-refractivity contribution is 7.47.